The Morgan fingerprint density at radius 1 is 1.00 bits per heavy atom. The van der Waals surface area contributed by atoms with E-state index in [4.69, 9.17) is 5.73 Å². The molecule has 0 aromatic heterocycles. The molecule has 2 aromatic carbocycles. The van der Waals surface area contributed by atoms with Crippen molar-refractivity contribution in [3.8, 4) is 0 Å². The summed E-state index contributed by atoms with van der Waals surface area (Å²) in [5.41, 5.74) is 6.96. The second-order valence-corrected chi connectivity index (χ2v) is 6.45. The maximum absolute atomic E-state index is 13.2. The third kappa shape index (κ3) is 6.47. The predicted molar refractivity (Wildman–Crippen MR) is 99.5 cm³/mol. The summed E-state index contributed by atoms with van der Waals surface area (Å²) >= 11 is 0. The number of primary amides is 1. The first-order valence-electron chi connectivity index (χ1n) is 8.79. The summed E-state index contributed by atoms with van der Waals surface area (Å²) in [5, 5.41) is 2.72. The number of carbonyl (C=O) groups is 2. The molecule has 27 heavy (non-hydrogen) atoms. The van der Waals surface area contributed by atoms with Crippen molar-refractivity contribution in [2.75, 3.05) is 6.54 Å². The molecule has 143 valence electrons. The van der Waals surface area contributed by atoms with Crippen molar-refractivity contribution in [1.82, 2.24) is 5.32 Å². The SMILES string of the molecule is CC([CH]C(=O)NCCCC(c1ccc(F)cc1)c1ccc(F)cc1)C(N)=O. The smallest absolute Gasteiger partial charge is 0.224 e. The van der Waals surface area contributed by atoms with Gasteiger partial charge in [0.15, 0.2) is 0 Å². The van der Waals surface area contributed by atoms with Gasteiger partial charge in [0.2, 0.25) is 11.8 Å². The number of nitrogens with one attached hydrogen (secondary N) is 1. The predicted octanol–water partition coefficient (Wildman–Crippen LogP) is 3.32. The fourth-order valence-electron chi connectivity index (χ4n) is 2.80. The summed E-state index contributed by atoms with van der Waals surface area (Å²) in [6.07, 6.45) is 2.59. The average molecular weight is 373 g/mol. The number of hydrogen-bond donors (Lipinski definition) is 2. The first kappa shape index (κ1) is 20.6. The lowest BCUT2D eigenvalue weighted by atomic mass is 9.87. The highest BCUT2D eigenvalue weighted by Gasteiger charge is 2.16. The highest BCUT2D eigenvalue weighted by atomic mass is 19.1. The highest BCUT2D eigenvalue weighted by molar-refractivity contribution is 5.91. The Bertz CT molecular complexity index is 715. The summed E-state index contributed by atoms with van der Waals surface area (Å²) < 4.78 is 26.5. The van der Waals surface area contributed by atoms with Crippen LogP contribution in [0.25, 0.3) is 0 Å². The largest absolute Gasteiger partial charge is 0.369 e. The molecule has 1 atom stereocenters. The van der Waals surface area contributed by atoms with Gasteiger partial charge in [-0.25, -0.2) is 8.78 Å². The van der Waals surface area contributed by atoms with Gasteiger partial charge in [0.1, 0.15) is 11.6 Å². The Hall–Kier alpha value is -2.76. The summed E-state index contributed by atoms with van der Waals surface area (Å²) in [6, 6.07) is 12.4. The number of nitrogens with two attached hydrogens (primary N) is 1. The topological polar surface area (TPSA) is 72.2 Å². The molecule has 0 spiro atoms. The van der Waals surface area contributed by atoms with Crippen LogP contribution in [0, 0.1) is 24.0 Å². The van der Waals surface area contributed by atoms with Crippen LogP contribution in [-0.4, -0.2) is 18.4 Å². The minimum Gasteiger partial charge on any atom is -0.369 e. The molecule has 2 amide bonds. The number of benzene rings is 2. The average Bonchev–Trinajstić information content (AvgIpc) is 2.63. The van der Waals surface area contributed by atoms with E-state index in [1.54, 1.807) is 31.2 Å². The zero-order valence-electron chi connectivity index (χ0n) is 15.1. The number of rotatable bonds is 9. The molecule has 0 aliphatic carbocycles. The molecule has 2 aromatic rings. The lowest BCUT2D eigenvalue weighted by Crippen LogP contribution is -2.31. The van der Waals surface area contributed by atoms with Crippen LogP contribution in [-0.2, 0) is 9.59 Å². The summed E-state index contributed by atoms with van der Waals surface area (Å²) in [6.45, 7) is 1.97. The Morgan fingerprint density at radius 3 is 1.93 bits per heavy atom. The van der Waals surface area contributed by atoms with Crippen molar-refractivity contribution >= 4 is 11.8 Å². The summed E-state index contributed by atoms with van der Waals surface area (Å²) in [4.78, 5) is 22.7. The van der Waals surface area contributed by atoms with Crippen LogP contribution >= 0.6 is 0 Å². The van der Waals surface area contributed by atoms with E-state index in [9.17, 15) is 18.4 Å². The summed E-state index contributed by atoms with van der Waals surface area (Å²) in [5.74, 6) is -2.21. The fraction of sp³-hybridized carbons (Fsp3) is 0.286. The fourth-order valence-corrected chi connectivity index (χ4v) is 2.80. The van der Waals surface area contributed by atoms with E-state index in [-0.39, 0.29) is 23.5 Å². The van der Waals surface area contributed by atoms with E-state index in [1.165, 1.54) is 30.7 Å². The van der Waals surface area contributed by atoms with Crippen molar-refractivity contribution < 1.29 is 18.4 Å². The third-order valence-corrected chi connectivity index (χ3v) is 4.36. The molecule has 0 aliphatic rings. The normalized spacial score (nSPS) is 12.0. The van der Waals surface area contributed by atoms with Gasteiger partial charge in [-0.3, -0.25) is 9.59 Å². The van der Waals surface area contributed by atoms with E-state index in [1.807, 2.05) is 0 Å². The Kier molecular flexibility index (Phi) is 7.46. The Morgan fingerprint density at radius 2 is 1.48 bits per heavy atom. The van der Waals surface area contributed by atoms with E-state index in [2.05, 4.69) is 5.32 Å². The van der Waals surface area contributed by atoms with E-state index in [0.29, 0.717) is 19.4 Å². The molecule has 1 unspecified atom stereocenters. The van der Waals surface area contributed by atoms with Gasteiger partial charge in [-0.1, -0.05) is 31.2 Å². The van der Waals surface area contributed by atoms with Gasteiger partial charge >= 0.3 is 0 Å². The molecule has 0 heterocycles. The van der Waals surface area contributed by atoms with Crippen LogP contribution in [0.15, 0.2) is 48.5 Å². The lowest BCUT2D eigenvalue weighted by Gasteiger charge is -2.18. The maximum Gasteiger partial charge on any atom is 0.224 e. The number of hydrogen-bond acceptors (Lipinski definition) is 2. The number of halogens is 2. The first-order chi connectivity index (χ1) is 12.9. The zero-order valence-corrected chi connectivity index (χ0v) is 15.1. The van der Waals surface area contributed by atoms with Crippen LogP contribution < -0.4 is 11.1 Å². The van der Waals surface area contributed by atoms with Crippen LogP contribution in [0.5, 0.6) is 0 Å². The van der Waals surface area contributed by atoms with Crippen molar-refractivity contribution in [1.29, 1.82) is 0 Å². The lowest BCUT2D eigenvalue weighted by molar-refractivity contribution is -0.124. The monoisotopic (exact) mass is 373 g/mol. The van der Waals surface area contributed by atoms with Crippen LogP contribution in [0.3, 0.4) is 0 Å². The van der Waals surface area contributed by atoms with Gasteiger partial charge in [0, 0.05) is 18.4 Å². The number of carbonyl (C=O) groups excluding carboxylic acids is 2. The van der Waals surface area contributed by atoms with E-state index < -0.39 is 11.8 Å². The van der Waals surface area contributed by atoms with Gasteiger partial charge in [-0.2, -0.15) is 0 Å². The van der Waals surface area contributed by atoms with Crippen LogP contribution in [0.2, 0.25) is 0 Å². The highest BCUT2D eigenvalue weighted by Crippen LogP contribution is 2.29. The molecule has 6 heteroatoms. The molecule has 0 saturated heterocycles. The minimum absolute atomic E-state index is 0.0448. The summed E-state index contributed by atoms with van der Waals surface area (Å²) in [7, 11) is 0. The Balaban J connectivity index is 1.96. The number of amides is 2. The van der Waals surface area contributed by atoms with E-state index in [0.717, 1.165) is 11.1 Å². The van der Waals surface area contributed by atoms with Gasteiger partial charge in [-0.05, 0) is 48.2 Å². The second kappa shape index (κ2) is 9.80. The molecule has 0 fully saturated rings. The van der Waals surface area contributed by atoms with Crippen molar-refractivity contribution in [2.45, 2.75) is 25.7 Å². The third-order valence-electron chi connectivity index (χ3n) is 4.36. The van der Waals surface area contributed by atoms with Gasteiger partial charge < -0.3 is 11.1 Å². The van der Waals surface area contributed by atoms with Crippen LogP contribution in [0.1, 0.15) is 36.8 Å². The zero-order chi connectivity index (χ0) is 19.8. The Labute approximate surface area is 157 Å². The minimum atomic E-state index is -0.629. The molecule has 0 saturated carbocycles. The molecule has 0 bridgehead atoms. The molecular weight excluding hydrogens is 350 g/mol. The van der Waals surface area contributed by atoms with Gasteiger partial charge in [0.05, 0.1) is 6.42 Å². The second-order valence-electron chi connectivity index (χ2n) is 6.45. The molecular formula is C21H23F2N2O2. The molecule has 1 radical (unpaired) electrons. The van der Waals surface area contributed by atoms with Gasteiger partial charge in [0.25, 0.3) is 0 Å². The van der Waals surface area contributed by atoms with Crippen LogP contribution in [0.4, 0.5) is 8.78 Å². The molecule has 2 rings (SSSR count). The standard InChI is InChI=1S/C21H23F2N2O2/c1-14(21(24)27)13-20(26)25-12-2-3-19(15-4-8-17(22)9-5-15)16-6-10-18(23)11-7-16/h4-11,13-14,19H,2-3,12H2,1H3,(H2,24,27)(H,25,26). The van der Waals surface area contributed by atoms with Crippen molar-refractivity contribution in [3.05, 3.63) is 77.7 Å². The van der Waals surface area contributed by atoms with Gasteiger partial charge in [-0.15, -0.1) is 0 Å². The molecule has 3 N–H and O–H groups in total. The quantitative estimate of drug-likeness (QED) is 0.662. The molecule has 4 nitrogen and oxygen atoms in total. The van der Waals surface area contributed by atoms with Crippen molar-refractivity contribution in [2.24, 2.45) is 11.7 Å². The first-order valence-corrected chi connectivity index (χ1v) is 8.79. The van der Waals surface area contributed by atoms with E-state index >= 15 is 0 Å². The maximum atomic E-state index is 13.2. The molecule has 0 aliphatic heterocycles. The van der Waals surface area contributed by atoms with Crippen molar-refractivity contribution in [3.63, 3.8) is 0 Å².